The Bertz CT molecular complexity index is 857. The molecule has 27 heavy (non-hydrogen) atoms. The Morgan fingerprint density at radius 1 is 0.778 bits per heavy atom. The van der Waals surface area contributed by atoms with Gasteiger partial charge in [-0.15, -0.1) is 0 Å². The third-order valence-corrected chi connectivity index (χ3v) is 4.00. The maximum atomic E-state index is 12.0. The Labute approximate surface area is 159 Å². The van der Waals surface area contributed by atoms with Crippen LogP contribution in [-0.2, 0) is 17.8 Å². The van der Waals surface area contributed by atoms with E-state index in [1.165, 1.54) is 0 Å². The molecule has 4 heteroatoms. The van der Waals surface area contributed by atoms with Crippen molar-refractivity contribution >= 4 is 5.97 Å². The molecule has 0 aliphatic carbocycles. The Hall–Kier alpha value is -3.27. The van der Waals surface area contributed by atoms with Gasteiger partial charge < -0.3 is 14.2 Å². The molecule has 0 spiro atoms. The topological polar surface area (TPSA) is 44.8 Å². The molecule has 0 saturated carbocycles. The lowest BCUT2D eigenvalue weighted by molar-refractivity contribution is -0.136. The summed E-state index contributed by atoms with van der Waals surface area (Å²) >= 11 is 0. The molecule has 0 aliphatic heterocycles. The summed E-state index contributed by atoms with van der Waals surface area (Å²) in [6.07, 6.45) is 0.843. The van der Waals surface area contributed by atoms with Crippen molar-refractivity contribution in [1.29, 1.82) is 0 Å². The first-order chi connectivity index (χ1) is 13.2. The lowest BCUT2D eigenvalue weighted by atomic mass is 10.1. The summed E-state index contributed by atoms with van der Waals surface area (Å²) in [5, 5.41) is 0. The van der Waals surface area contributed by atoms with E-state index in [0.29, 0.717) is 23.9 Å². The molecule has 3 aromatic carbocycles. The van der Waals surface area contributed by atoms with Crippen molar-refractivity contribution in [3.63, 3.8) is 0 Å². The normalized spacial score (nSPS) is 10.3. The van der Waals surface area contributed by atoms with Crippen LogP contribution in [0.4, 0.5) is 0 Å². The van der Waals surface area contributed by atoms with E-state index in [0.717, 1.165) is 17.5 Å². The zero-order chi connectivity index (χ0) is 18.9. The Kier molecular flexibility index (Phi) is 6.47. The largest absolute Gasteiger partial charge is 0.489 e. The molecule has 0 atom stereocenters. The molecule has 0 aliphatic rings. The van der Waals surface area contributed by atoms with Crippen LogP contribution in [0, 0.1) is 0 Å². The molecule has 0 radical (unpaired) electrons. The number of ether oxygens (including phenoxy) is 3. The molecule has 4 nitrogen and oxygen atoms in total. The van der Waals surface area contributed by atoms with E-state index in [9.17, 15) is 4.79 Å². The van der Waals surface area contributed by atoms with Crippen LogP contribution in [0.25, 0.3) is 0 Å². The van der Waals surface area contributed by atoms with Gasteiger partial charge in [0.05, 0.1) is 0 Å². The number of carbonyl (C=O) groups excluding carboxylic acids is 1. The van der Waals surface area contributed by atoms with Gasteiger partial charge in [-0.05, 0) is 47.9 Å². The van der Waals surface area contributed by atoms with Crippen LogP contribution in [0.5, 0.6) is 17.2 Å². The highest BCUT2D eigenvalue weighted by molar-refractivity contribution is 5.74. The average molecular weight is 362 g/mol. The number of esters is 1. The van der Waals surface area contributed by atoms with Gasteiger partial charge in [-0.25, -0.2) is 4.79 Å². The molecule has 0 unspecified atom stereocenters. The summed E-state index contributed by atoms with van der Waals surface area (Å²) in [4.78, 5) is 12.0. The van der Waals surface area contributed by atoms with Crippen LogP contribution in [0.1, 0.15) is 18.1 Å². The van der Waals surface area contributed by atoms with Gasteiger partial charge in [0.25, 0.3) is 0 Å². The van der Waals surface area contributed by atoms with Gasteiger partial charge in [0.1, 0.15) is 23.9 Å². The van der Waals surface area contributed by atoms with Gasteiger partial charge >= 0.3 is 5.97 Å². The fourth-order valence-corrected chi connectivity index (χ4v) is 2.58. The van der Waals surface area contributed by atoms with Crippen molar-refractivity contribution in [3.05, 3.63) is 90.0 Å². The Morgan fingerprint density at radius 2 is 1.44 bits per heavy atom. The van der Waals surface area contributed by atoms with Crippen molar-refractivity contribution in [1.82, 2.24) is 0 Å². The number of para-hydroxylation sites is 1. The van der Waals surface area contributed by atoms with Gasteiger partial charge in [-0.3, -0.25) is 0 Å². The molecule has 0 bridgehead atoms. The first-order valence-corrected chi connectivity index (χ1v) is 8.93. The van der Waals surface area contributed by atoms with Gasteiger partial charge in [-0.1, -0.05) is 55.5 Å². The van der Waals surface area contributed by atoms with E-state index in [-0.39, 0.29) is 6.61 Å². The predicted octanol–water partition coefficient (Wildman–Crippen LogP) is 4.81. The van der Waals surface area contributed by atoms with Crippen LogP contribution >= 0.6 is 0 Å². The van der Waals surface area contributed by atoms with Crippen molar-refractivity contribution in [2.24, 2.45) is 0 Å². The summed E-state index contributed by atoms with van der Waals surface area (Å²) in [5.74, 6) is 1.44. The highest BCUT2D eigenvalue weighted by atomic mass is 16.6. The summed E-state index contributed by atoms with van der Waals surface area (Å²) in [7, 11) is 0. The first kappa shape index (κ1) is 18.5. The van der Waals surface area contributed by atoms with Crippen LogP contribution in [0.3, 0.4) is 0 Å². The molecular formula is C23H22O4. The van der Waals surface area contributed by atoms with E-state index < -0.39 is 5.97 Å². The second-order valence-corrected chi connectivity index (χ2v) is 5.97. The smallest absolute Gasteiger partial charge is 0.349 e. The van der Waals surface area contributed by atoms with Crippen LogP contribution in [-0.4, -0.2) is 12.6 Å². The zero-order valence-electron chi connectivity index (χ0n) is 15.3. The van der Waals surface area contributed by atoms with E-state index in [1.54, 1.807) is 24.3 Å². The molecule has 0 amide bonds. The third kappa shape index (κ3) is 5.61. The minimum atomic E-state index is -0.445. The molecule has 3 aromatic rings. The number of hydrogen-bond acceptors (Lipinski definition) is 4. The van der Waals surface area contributed by atoms with E-state index in [2.05, 4.69) is 0 Å². The van der Waals surface area contributed by atoms with Crippen LogP contribution in [0.2, 0.25) is 0 Å². The Balaban J connectivity index is 1.48. The first-order valence-electron chi connectivity index (χ1n) is 8.93. The van der Waals surface area contributed by atoms with Crippen molar-refractivity contribution in [2.75, 3.05) is 6.61 Å². The summed E-state index contributed by atoms with van der Waals surface area (Å²) < 4.78 is 16.6. The summed E-state index contributed by atoms with van der Waals surface area (Å²) in [5.41, 5.74) is 2.16. The second kappa shape index (κ2) is 9.43. The maximum absolute atomic E-state index is 12.0. The number of aryl methyl sites for hydroxylation is 1. The fraction of sp³-hybridized carbons (Fsp3) is 0.174. The van der Waals surface area contributed by atoms with Crippen molar-refractivity contribution in [2.45, 2.75) is 20.0 Å². The highest BCUT2D eigenvalue weighted by Gasteiger charge is 2.08. The lowest BCUT2D eigenvalue weighted by Crippen LogP contribution is -2.18. The number of hydrogen-bond donors (Lipinski definition) is 0. The predicted molar refractivity (Wildman–Crippen MR) is 104 cm³/mol. The van der Waals surface area contributed by atoms with E-state index in [1.807, 2.05) is 61.5 Å². The third-order valence-electron chi connectivity index (χ3n) is 4.00. The van der Waals surface area contributed by atoms with Crippen LogP contribution in [0.15, 0.2) is 78.9 Å². The molecule has 3 rings (SSSR count). The molecule has 0 heterocycles. The molecule has 0 N–H and O–H groups in total. The minimum Gasteiger partial charge on any atom is -0.489 e. The van der Waals surface area contributed by atoms with E-state index in [4.69, 9.17) is 14.2 Å². The molecule has 0 aromatic heterocycles. The van der Waals surface area contributed by atoms with Crippen molar-refractivity contribution in [3.8, 4) is 17.2 Å². The average Bonchev–Trinajstić information content (AvgIpc) is 2.72. The number of benzene rings is 3. The quantitative estimate of drug-likeness (QED) is 0.426. The molecule has 0 saturated heterocycles. The monoisotopic (exact) mass is 362 g/mol. The van der Waals surface area contributed by atoms with E-state index >= 15 is 0 Å². The minimum absolute atomic E-state index is 0.136. The molecular weight excluding hydrogens is 340 g/mol. The lowest BCUT2D eigenvalue weighted by Gasteiger charge is -2.10. The second-order valence-electron chi connectivity index (χ2n) is 5.97. The van der Waals surface area contributed by atoms with Gasteiger partial charge in [0.15, 0.2) is 6.61 Å². The maximum Gasteiger partial charge on any atom is 0.349 e. The van der Waals surface area contributed by atoms with Gasteiger partial charge in [0, 0.05) is 0 Å². The molecule has 0 fully saturated rings. The standard InChI is InChI=1S/C23H22O4/c1-2-19-10-6-7-11-22(19)26-17-23(24)27-21-14-12-20(13-15-21)25-16-18-8-4-3-5-9-18/h3-15H,2,16-17H2,1H3. The fourth-order valence-electron chi connectivity index (χ4n) is 2.58. The summed E-state index contributed by atoms with van der Waals surface area (Å²) in [6.45, 7) is 2.40. The molecule has 138 valence electrons. The zero-order valence-corrected chi connectivity index (χ0v) is 15.3. The van der Waals surface area contributed by atoms with Crippen molar-refractivity contribution < 1.29 is 19.0 Å². The number of rotatable bonds is 8. The van der Waals surface area contributed by atoms with Gasteiger partial charge in [0.2, 0.25) is 0 Å². The van der Waals surface area contributed by atoms with Gasteiger partial charge in [-0.2, -0.15) is 0 Å². The highest BCUT2D eigenvalue weighted by Crippen LogP contribution is 2.20. The van der Waals surface area contributed by atoms with Crippen LogP contribution < -0.4 is 14.2 Å². The Morgan fingerprint density at radius 3 is 2.19 bits per heavy atom. The SMILES string of the molecule is CCc1ccccc1OCC(=O)Oc1ccc(OCc2ccccc2)cc1. The summed E-state index contributed by atoms with van der Waals surface area (Å²) in [6, 6.07) is 24.6. The number of carbonyl (C=O) groups is 1.